The number of halogens is 3. The third-order valence-corrected chi connectivity index (χ3v) is 4.62. The largest absolute Gasteiger partial charge is 0.494 e. The van der Waals surface area contributed by atoms with Crippen molar-refractivity contribution in [2.24, 2.45) is 0 Å². The van der Waals surface area contributed by atoms with Gasteiger partial charge in [-0.25, -0.2) is 0 Å². The van der Waals surface area contributed by atoms with Crippen molar-refractivity contribution in [1.82, 2.24) is 0 Å². The van der Waals surface area contributed by atoms with Gasteiger partial charge in [-0.3, -0.25) is 9.59 Å². The van der Waals surface area contributed by atoms with Crippen LogP contribution in [0.25, 0.3) is 0 Å². The van der Waals surface area contributed by atoms with E-state index >= 15 is 0 Å². The number of nitrogens with one attached hydrogen (secondary N) is 2. The van der Waals surface area contributed by atoms with Gasteiger partial charge in [0.05, 0.1) is 12.2 Å². The van der Waals surface area contributed by atoms with Crippen molar-refractivity contribution in [3.8, 4) is 5.75 Å². The lowest BCUT2D eigenvalue weighted by molar-refractivity contribution is -0.138. The highest BCUT2D eigenvalue weighted by molar-refractivity contribution is 5.94. The summed E-state index contributed by atoms with van der Waals surface area (Å²) < 4.78 is 44.5. The summed E-state index contributed by atoms with van der Waals surface area (Å²) in [6.07, 6.45) is -2.84. The molecular weight excluding hydrogens is 385 g/mol. The second-order valence-electron chi connectivity index (χ2n) is 6.89. The van der Waals surface area contributed by atoms with Crippen molar-refractivity contribution in [3.63, 3.8) is 0 Å². The normalized spacial score (nSPS) is 13.4. The molecule has 0 unspecified atom stereocenters. The van der Waals surface area contributed by atoms with Crippen LogP contribution in [0.3, 0.4) is 0 Å². The molecule has 8 heteroatoms. The number of amides is 2. The van der Waals surface area contributed by atoms with Crippen molar-refractivity contribution in [2.45, 2.75) is 38.8 Å². The predicted octanol–water partition coefficient (Wildman–Crippen LogP) is 4.70. The van der Waals surface area contributed by atoms with Crippen LogP contribution in [0.2, 0.25) is 0 Å². The summed E-state index contributed by atoms with van der Waals surface area (Å²) in [5, 5.41) is 5.28. The smallest absolute Gasteiger partial charge is 0.416 e. The molecule has 0 spiro atoms. The molecule has 0 saturated heterocycles. The lowest BCUT2D eigenvalue weighted by Crippen LogP contribution is -2.18. The van der Waals surface area contributed by atoms with Crippen LogP contribution in [0.4, 0.5) is 24.5 Å². The first-order valence-corrected chi connectivity index (χ1v) is 9.25. The van der Waals surface area contributed by atoms with Crippen LogP contribution in [-0.4, -0.2) is 18.4 Å². The topological polar surface area (TPSA) is 67.4 Å². The van der Waals surface area contributed by atoms with Crippen LogP contribution < -0.4 is 15.4 Å². The molecule has 0 fully saturated rings. The summed E-state index contributed by atoms with van der Waals surface area (Å²) in [5.74, 6) is 0.264. The van der Waals surface area contributed by atoms with Gasteiger partial charge in [-0.05, 0) is 61.2 Å². The van der Waals surface area contributed by atoms with E-state index in [0.29, 0.717) is 31.6 Å². The van der Waals surface area contributed by atoms with Gasteiger partial charge in [0.15, 0.2) is 0 Å². The molecule has 29 heavy (non-hydrogen) atoms. The zero-order valence-corrected chi connectivity index (χ0v) is 15.9. The first-order chi connectivity index (χ1) is 13.7. The molecule has 2 amide bonds. The van der Waals surface area contributed by atoms with Gasteiger partial charge >= 0.3 is 6.18 Å². The minimum atomic E-state index is -4.46. The predicted molar refractivity (Wildman–Crippen MR) is 103 cm³/mol. The van der Waals surface area contributed by atoms with E-state index < -0.39 is 11.7 Å². The van der Waals surface area contributed by atoms with Crippen LogP contribution in [-0.2, 0) is 22.2 Å². The summed E-state index contributed by atoms with van der Waals surface area (Å²) in [6, 6.07) is 9.11. The van der Waals surface area contributed by atoms with Crippen molar-refractivity contribution < 1.29 is 27.5 Å². The maximum Gasteiger partial charge on any atom is 0.416 e. The Balaban J connectivity index is 1.47. The molecule has 0 aliphatic carbocycles. The third-order valence-electron chi connectivity index (χ3n) is 4.62. The van der Waals surface area contributed by atoms with Gasteiger partial charge < -0.3 is 15.4 Å². The molecule has 2 N–H and O–H groups in total. The number of rotatable bonds is 6. The Labute approximate surface area is 166 Å². The van der Waals surface area contributed by atoms with Gasteiger partial charge in [0.1, 0.15) is 5.75 Å². The number of alkyl halides is 3. The zero-order valence-electron chi connectivity index (χ0n) is 15.9. The minimum Gasteiger partial charge on any atom is -0.494 e. The summed E-state index contributed by atoms with van der Waals surface area (Å²) in [4.78, 5) is 23.4. The lowest BCUT2D eigenvalue weighted by atomic mass is 10.0. The zero-order chi connectivity index (χ0) is 21.0. The Hall–Kier alpha value is -3.03. The average molecular weight is 406 g/mol. The molecule has 3 rings (SSSR count). The van der Waals surface area contributed by atoms with Gasteiger partial charge in [-0.15, -0.1) is 0 Å². The van der Waals surface area contributed by atoms with Crippen LogP contribution in [0.1, 0.15) is 36.0 Å². The van der Waals surface area contributed by atoms with E-state index in [4.69, 9.17) is 4.74 Å². The fraction of sp³-hybridized carbons (Fsp3) is 0.333. The van der Waals surface area contributed by atoms with E-state index in [-0.39, 0.29) is 29.5 Å². The van der Waals surface area contributed by atoms with Crippen molar-refractivity contribution in [2.75, 3.05) is 17.2 Å². The summed E-state index contributed by atoms with van der Waals surface area (Å²) in [5.41, 5.74) is 1.24. The van der Waals surface area contributed by atoms with Crippen LogP contribution >= 0.6 is 0 Å². The molecule has 1 heterocycles. The number of hydrogen-bond acceptors (Lipinski definition) is 3. The first kappa shape index (κ1) is 20.7. The van der Waals surface area contributed by atoms with E-state index in [2.05, 4.69) is 10.6 Å². The molecule has 154 valence electrons. The Bertz CT molecular complexity index is 926. The Kier molecular flexibility index (Phi) is 6.10. The number of anilines is 2. The number of ether oxygens (including phenoxy) is 1. The Morgan fingerprint density at radius 1 is 1.17 bits per heavy atom. The summed E-state index contributed by atoms with van der Waals surface area (Å²) in [7, 11) is 0. The lowest BCUT2D eigenvalue weighted by Gasteiger charge is -2.17. The standard InChI is InChI=1S/C21H21F3N2O3/c1-13-4-6-15(12-17(13)21(22,23)24)25-19(27)3-2-10-29-16-7-8-18-14(11-16)5-9-20(28)26-18/h4,6-8,11-12H,2-3,5,9-10H2,1H3,(H,25,27)(H,26,28). The van der Waals surface area contributed by atoms with E-state index in [1.54, 1.807) is 12.1 Å². The minimum absolute atomic E-state index is 0.00638. The van der Waals surface area contributed by atoms with Crippen LogP contribution in [0.5, 0.6) is 5.75 Å². The van der Waals surface area contributed by atoms with Gasteiger partial charge in [0.2, 0.25) is 11.8 Å². The number of carbonyl (C=O) groups excluding carboxylic acids is 2. The average Bonchev–Trinajstić information content (AvgIpc) is 2.66. The number of hydrogen-bond donors (Lipinski definition) is 2. The van der Waals surface area contributed by atoms with Crippen LogP contribution in [0.15, 0.2) is 36.4 Å². The molecule has 0 aromatic heterocycles. The van der Waals surface area contributed by atoms with Gasteiger partial charge in [0, 0.05) is 24.2 Å². The molecule has 2 aromatic carbocycles. The Morgan fingerprint density at radius 3 is 2.72 bits per heavy atom. The number of fused-ring (bicyclic) bond motifs is 1. The molecule has 0 radical (unpaired) electrons. The molecule has 0 bridgehead atoms. The van der Waals surface area contributed by atoms with Gasteiger partial charge in [0.25, 0.3) is 0 Å². The van der Waals surface area contributed by atoms with E-state index in [0.717, 1.165) is 17.3 Å². The highest BCUT2D eigenvalue weighted by Gasteiger charge is 2.32. The van der Waals surface area contributed by atoms with E-state index in [1.807, 2.05) is 6.07 Å². The summed E-state index contributed by atoms with van der Waals surface area (Å²) in [6.45, 7) is 1.67. The fourth-order valence-corrected chi connectivity index (χ4v) is 3.10. The number of aryl methyl sites for hydroxylation is 2. The van der Waals surface area contributed by atoms with E-state index in [1.165, 1.54) is 19.1 Å². The number of carbonyl (C=O) groups is 2. The fourth-order valence-electron chi connectivity index (χ4n) is 3.10. The van der Waals surface area contributed by atoms with Crippen molar-refractivity contribution in [3.05, 3.63) is 53.1 Å². The maximum absolute atomic E-state index is 13.0. The monoisotopic (exact) mass is 406 g/mol. The summed E-state index contributed by atoms with van der Waals surface area (Å²) >= 11 is 0. The second-order valence-corrected chi connectivity index (χ2v) is 6.89. The molecule has 0 atom stereocenters. The van der Waals surface area contributed by atoms with Crippen LogP contribution in [0, 0.1) is 6.92 Å². The quantitative estimate of drug-likeness (QED) is 0.684. The third kappa shape index (κ3) is 5.49. The van der Waals surface area contributed by atoms with E-state index in [9.17, 15) is 22.8 Å². The van der Waals surface area contributed by atoms with Gasteiger partial charge in [-0.2, -0.15) is 13.2 Å². The highest BCUT2D eigenvalue weighted by Crippen LogP contribution is 2.33. The molecule has 5 nitrogen and oxygen atoms in total. The second kappa shape index (κ2) is 8.55. The number of benzene rings is 2. The van der Waals surface area contributed by atoms with Crippen molar-refractivity contribution in [1.29, 1.82) is 0 Å². The molecule has 1 aliphatic rings. The SMILES string of the molecule is Cc1ccc(NC(=O)CCCOc2ccc3c(c2)CCC(=O)N3)cc1C(F)(F)F. The molecule has 0 saturated carbocycles. The molecule has 2 aromatic rings. The molecular formula is C21H21F3N2O3. The Morgan fingerprint density at radius 2 is 1.97 bits per heavy atom. The first-order valence-electron chi connectivity index (χ1n) is 9.25. The maximum atomic E-state index is 13.0. The highest BCUT2D eigenvalue weighted by atomic mass is 19.4. The van der Waals surface area contributed by atoms with Crippen molar-refractivity contribution >= 4 is 23.2 Å². The molecule has 1 aliphatic heterocycles. The van der Waals surface area contributed by atoms with Gasteiger partial charge in [-0.1, -0.05) is 6.07 Å².